The minimum absolute atomic E-state index is 0.324. The highest BCUT2D eigenvalue weighted by Gasteiger charge is 2.18. The van der Waals surface area contributed by atoms with Crippen molar-refractivity contribution in [2.24, 2.45) is 0 Å². The van der Waals surface area contributed by atoms with Crippen LogP contribution in [0.2, 0.25) is 10.0 Å². The van der Waals surface area contributed by atoms with Crippen LogP contribution in [0.4, 0.5) is 0 Å². The van der Waals surface area contributed by atoms with Crippen LogP contribution in [0.25, 0.3) is 10.1 Å². The fraction of sp³-hybridized carbons (Fsp3) is 0. The van der Waals surface area contributed by atoms with Gasteiger partial charge >= 0.3 is 0 Å². The monoisotopic (exact) mass is 370 g/mol. The molecule has 0 bridgehead atoms. The van der Waals surface area contributed by atoms with Gasteiger partial charge in [-0.2, -0.15) is 0 Å². The lowest BCUT2D eigenvalue weighted by atomic mass is 10.2. The van der Waals surface area contributed by atoms with E-state index in [9.17, 15) is 9.59 Å². The Bertz CT molecular complexity index is 859. The average Bonchev–Trinajstić information content (AvgIpc) is 3.13. The molecule has 0 unspecified atom stereocenters. The molecule has 0 radical (unpaired) electrons. The Morgan fingerprint density at radius 1 is 1.05 bits per heavy atom. The van der Waals surface area contributed by atoms with Crippen molar-refractivity contribution >= 4 is 67.8 Å². The summed E-state index contributed by atoms with van der Waals surface area (Å²) >= 11 is 14.6. The number of hydrazine groups is 1. The highest BCUT2D eigenvalue weighted by molar-refractivity contribution is 7.21. The van der Waals surface area contributed by atoms with Crippen LogP contribution in [0.3, 0.4) is 0 Å². The van der Waals surface area contributed by atoms with Crippen LogP contribution in [-0.4, -0.2) is 11.8 Å². The van der Waals surface area contributed by atoms with Crippen molar-refractivity contribution in [3.05, 3.63) is 55.5 Å². The molecule has 3 rings (SSSR count). The normalized spacial score (nSPS) is 10.6. The zero-order valence-corrected chi connectivity index (χ0v) is 14.0. The summed E-state index contributed by atoms with van der Waals surface area (Å²) in [4.78, 5) is 24.8. The predicted octanol–water partition coefficient (Wildman–Crippen LogP) is 4.34. The molecule has 0 aliphatic carbocycles. The zero-order chi connectivity index (χ0) is 15.7. The van der Waals surface area contributed by atoms with E-state index in [1.54, 1.807) is 35.7 Å². The Morgan fingerprint density at radius 3 is 2.55 bits per heavy atom. The van der Waals surface area contributed by atoms with E-state index in [0.29, 0.717) is 19.8 Å². The number of amides is 2. The first-order chi connectivity index (χ1) is 10.6. The summed E-state index contributed by atoms with van der Waals surface area (Å²) in [6, 6.07) is 8.64. The lowest BCUT2D eigenvalue weighted by molar-refractivity contribution is 0.0851. The van der Waals surface area contributed by atoms with Crippen LogP contribution in [0.15, 0.2) is 35.7 Å². The maximum Gasteiger partial charge on any atom is 0.281 e. The lowest BCUT2D eigenvalue weighted by Gasteiger charge is -2.04. The summed E-state index contributed by atoms with van der Waals surface area (Å²) in [7, 11) is 0. The van der Waals surface area contributed by atoms with Crippen LogP contribution < -0.4 is 10.9 Å². The molecular formula is C14H8Cl2N2O2S2. The average molecular weight is 371 g/mol. The second-order valence-corrected chi connectivity index (χ2v) is 7.09. The van der Waals surface area contributed by atoms with E-state index < -0.39 is 5.91 Å². The van der Waals surface area contributed by atoms with E-state index in [1.165, 1.54) is 22.7 Å². The Kier molecular flexibility index (Phi) is 4.35. The van der Waals surface area contributed by atoms with Crippen molar-refractivity contribution in [1.29, 1.82) is 0 Å². The van der Waals surface area contributed by atoms with E-state index in [1.807, 2.05) is 0 Å². The summed E-state index contributed by atoms with van der Waals surface area (Å²) < 4.78 is 0.812. The van der Waals surface area contributed by atoms with Crippen LogP contribution in [-0.2, 0) is 0 Å². The molecule has 4 nitrogen and oxygen atoms in total. The van der Waals surface area contributed by atoms with Gasteiger partial charge in [0.2, 0.25) is 0 Å². The smallest absolute Gasteiger partial charge is 0.266 e. The Balaban J connectivity index is 1.78. The van der Waals surface area contributed by atoms with Gasteiger partial charge in [-0.3, -0.25) is 20.4 Å². The molecule has 3 aromatic rings. The molecule has 0 aliphatic rings. The molecule has 2 aromatic heterocycles. The maximum atomic E-state index is 12.2. The number of fused-ring (bicyclic) bond motifs is 1. The van der Waals surface area contributed by atoms with Gasteiger partial charge in [0, 0.05) is 15.1 Å². The summed E-state index contributed by atoms with van der Waals surface area (Å²) in [6.07, 6.45) is 0. The molecule has 2 amide bonds. The number of carbonyl (C=O) groups is 2. The number of hydrogen-bond donors (Lipinski definition) is 2. The molecule has 0 saturated carbocycles. The standard InChI is InChI=1S/C14H8Cl2N2O2S2/c15-7-3-4-8-10(6-7)22-12(11(8)16)14(20)18-17-13(19)9-2-1-5-21-9/h1-6H,(H,17,19)(H,18,20). The number of nitrogens with one attached hydrogen (secondary N) is 2. The van der Waals surface area contributed by atoms with Gasteiger partial charge in [-0.15, -0.1) is 22.7 Å². The molecule has 1 aromatic carbocycles. The van der Waals surface area contributed by atoms with Crippen molar-refractivity contribution < 1.29 is 9.59 Å². The van der Waals surface area contributed by atoms with E-state index in [2.05, 4.69) is 10.9 Å². The highest BCUT2D eigenvalue weighted by Crippen LogP contribution is 2.36. The number of carbonyl (C=O) groups excluding carboxylic acids is 2. The topological polar surface area (TPSA) is 58.2 Å². The molecule has 0 spiro atoms. The molecule has 0 aliphatic heterocycles. The van der Waals surface area contributed by atoms with Gasteiger partial charge in [0.15, 0.2) is 0 Å². The molecule has 0 fully saturated rings. The van der Waals surface area contributed by atoms with Crippen molar-refractivity contribution in [3.63, 3.8) is 0 Å². The molecule has 112 valence electrons. The number of halogens is 2. The fourth-order valence-corrected chi connectivity index (χ4v) is 4.13. The van der Waals surface area contributed by atoms with Crippen LogP contribution in [0.5, 0.6) is 0 Å². The second kappa shape index (κ2) is 6.26. The number of thiophene rings is 2. The third kappa shape index (κ3) is 2.96. The van der Waals surface area contributed by atoms with Gasteiger partial charge in [-0.05, 0) is 23.6 Å². The SMILES string of the molecule is O=C(NNC(=O)c1sc2cc(Cl)ccc2c1Cl)c1cccs1. The Morgan fingerprint density at radius 2 is 1.82 bits per heavy atom. The fourth-order valence-electron chi connectivity index (χ4n) is 1.82. The van der Waals surface area contributed by atoms with Crippen LogP contribution in [0, 0.1) is 0 Å². The van der Waals surface area contributed by atoms with E-state index in [0.717, 1.165) is 10.1 Å². The zero-order valence-electron chi connectivity index (χ0n) is 10.9. The predicted molar refractivity (Wildman–Crippen MR) is 91.1 cm³/mol. The molecule has 2 N–H and O–H groups in total. The Labute approximate surface area is 143 Å². The minimum Gasteiger partial charge on any atom is -0.266 e. The van der Waals surface area contributed by atoms with E-state index in [-0.39, 0.29) is 5.91 Å². The van der Waals surface area contributed by atoms with Crippen LogP contribution >= 0.6 is 45.9 Å². The quantitative estimate of drug-likeness (QED) is 0.659. The van der Waals surface area contributed by atoms with E-state index in [4.69, 9.17) is 23.2 Å². The molecule has 0 atom stereocenters. The summed E-state index contributed by atoms with van der Waals surface area (Å²) in [5, 5.41) is 3.46. The largest absolute Gasteiger partial charge is 0.281 e. The maximum absolute atomic E-state index is 12.2. The first-order valence-electron chi connectivity index (χ1n) is 6.08. The molecule has 0 saturated heterocycles. The van der Waals surface area contributed by atoms with E-state index >= 15 is 0 Å². The van der Waals surface area contributed by atoms with Crippen LogP contribution in [0.1, 0.15) is 19.3 Å². The highest BCUT2D eigenvalue weighted by atomic mass is 35.5. The van der Waals surface area contributed by atoms with Gasteiger partial charge in [0.1, 0.15) is 4.88 Å². The van der Waals surface area contributed by atoms with Gasteiger partial charge in [-0.25, -0.2) is 0 Å². The summed E-state index contributed by atoms with van der Waals surface area (Å²) in [5.41, 5.74) is 4.72. The van der Waals surface area contributed by atoms with Crippen molar-refractivity contribution in [2.75, 3.05) is 0 Å². The van der Waals surface area contributed by atoms with Crippen molar-refractivity contribution in [2.45, 2.75) is 0 Å². The summed E-state index contributed by atoms with van der Waals surface area (Å²) in [6.45, 7) is 0. The third-order valence-electron chi connectivity index (χ3n) is 2.83. The third-order valence-corrected chi connectivity index (χ3v) is 5.59. The minimum atomic E-state index is -0.466. The van der Waals surface area contributed by atoms with Gasteiger partial charge in [0.25, 0.3) is 11.8 Å². The first kappa shape index (κ1) is 15.3. The molecule has 22 heavy (non-hydrogen) atoms. The number of rotatable bonds is 2. The number of hydrogen-bond acceptors (Lipinski definition) is 4. The molecule has 2 heterocycles. The van der Waals surface area contributed by atoms with Crippen molar-refractivity contribution in [1.82, 2.24) is 10.9 Å². The van der Waals surface area contributed by atoms with Gasteiger partial charge in [-0.1, -0.05) is 35.3 Å². The van der Waals surface area contributed by atoms with Crippen molar-refractivity contribution in [3.8, 4) is 0 Å². The summed E-state index contributed by atoms with van der Waals surface area (Å²) in [5.74, 6) is -0.837. The van der Waals surface area contributed by atoms with Gasteiger partial charge in [0.05, 0.1) is 9.90 Å². The molecule has 8 heteroatoms. The Hall–Kier alpha value is -1.60. The lowest BCUT2D eigenvalue weighted by Crippen LogP contribution is -2.41. The number of benzene rings is 1. The van der Waals surface area contributed by atoms with Gasteiger partial charge < -0.3 is 0 Å². The molecular weight excluding hydrogens is 363 g/mol. The first-order valence-corrected chi connectivity index (χ1v) is 8.53. The second-order valence-electron chi connectivity index (χ2n) is 4.27.